The Labute approximate surface area is 231 Å². The molecule has 11 nitrogen and oxygen atoms in total. The summed E-state index contributed by atoms with van der Waals surface area (Å²) in [7, 11) is 0.955. The van der Waals surface area contributed by atoms with E-state index in [0.29, 0.717) is 10.4 Å². The lowest BCUT2D eigenvalue weighted by Crippen LogP contribution is -2.56. The summed E-state index contributed by atoms with van der Waals surface area (Å²) in [5, 5.41) is 7.94. The number of Topliss-reactive ketones (excluding diaryl/α,β-unsaturated/α-hetero) is 1. The molecule has 1 unspecified atom stereocenters. The zero-order valence-corrected chi connectivity index (χ0v) is 22.6. The number of ketones is 1. The van der Waals surface area contributed by atoms with Gasteiger partial charge >= 0.3 is 12.0 Å². The summed E-state index contributed by atoms with van der Waals surface area (Å²) in [5.41, 5.74) is -0.406. The number of halogens is 2. The van der Waals surface area contributed by atoms with Crippen molar-refractivity contribution in [3.63, 3.8) is 0 Å². The van der Waals surface area contributed by atoms with Crippen molar-refractivity contribution in [1.82, 2.24) is 20.2 Å². The van der Waals surface area contributed by atoms with E-state index in [-0.39, 0.29) is 18.1 Å². The van der Waals surface area contributed by atoms with Crippen LogP contribution < -0.4 is 21.5 Å². The van der Waals surface area contributed by atoms with Crippen LogP contribution in [0.15, 0.2) is 58.8 Å². The first-order valence-electron chi connectivity index (χ1n) is 12.0. The molecule has 14 heteroatoms. The number of aromatic nitrogens is 2. The van der Waals surface area contributed by atoms with Gasteiger partial charge in [0.1, 0.15) is 18.8 Å². The molecule has 0 saturated carbocycles. The fourth-order valence-electron chi connectivity index (χ4n) is 3.56. The molecule has 1 atom stereocenters. The summed E-state index contributed by atoms with van der Waals surface area (Å²) >= 11 is 1.22. The minimum atomic E-state index is -4.39. The number of hydrogen-bond acceptors (Lipinski definition) is 8. The van der Waals surface area contributed by atoms with Crippen molar-refractivity contribution >= 4 is 40.7 Å². The number of ether oxygens (including phenoxy) is 1. The quantitative estimate of drug-likeness (QED) is 0.298. The van der Waals surface area contributed by atoms with E-state index in [1.54, 1.807) is 53.2 Å². The second-order valence-corrected chi connectivity index (χ2v) is 9.81. The molecule has 3 N–H and O–H groups in total. The highest BCUT2D eigenvalue weighted by atomic mass is 32.1. The molecule has 0 fully saturated rings. The van der Waals surface area contributed by atoms with Gasteiger partial charge in [-0.05, 0) is 22.9 Å². The average Bonchev–Trinajstić information content (AvgIpc) is 3.47. The Morgan fingerprint density at radius 3 is 2.40 bits per heavy atom. The molecule has 3 rings (SSSR count). The van der Waals surface area contributed by atoms with E-state index < -0.39 is 53.7 Å². The molecule has 0 aliphatic heterocycles. The van der Waals surface area contributed by atoms with Gasteiger partial charge in [0.25, 0.3) is 11.5 Å². The van der Waals surface area contributed by atoms with Crippen molar-refractivity contribution in [2.45, 2.75) is 39.0 Å². The predicted molar refractivity (Wildman–Crippen MR) is 143 cm³/mol. The third-order valence-corrected chi connectivity index (χ3v) is 6.49. The van der Waals surface area contributed by atoms with E-state index in [4.69, 9.17) is 4.74 Å². The molecular weight excluding hydrogens is 548 g/mol. The molecule has 0 bridgehead atoms. The Hall–Kier alpha value is -4.46. The number of anilines is 1. The number of rotatable bonds is 11. The van der Waals surface area contributed by atoms with Crippen molar-refractivity contribution in [3.8, 4) is 10.7 Å². The molecule has 3 amide bonds. The van der Waals surface area contributed by atoms with Crippen LogP contribution in [0.2, 0.25) is 0 Å². The maximum absolute atomic E-state index is 14.3. The Morgan fingerprint density at radius 1 is 1.10 bits per heavy atom. The second-order valence-electron chi connectivity index (χ2n) is 8.86. The monoisotopic (exact) mass is 575 g/mol. The molecule has 0 aliphatic carbocycles. The molecule has 0 radical (unpaired) electrons. The highest BCUT2D eigenvalue weighted by molar-refractivity contribution is 7.13. The molecule has 40 heavy (non-hydrogen) atoms. The summed E-state index contributed by atoms with van der Waals surface area (Å²) < 4.78 is 34.7. The van der Waals surface area contributed by atoms with Gasteiger partial charge in [-0.25, -0.2) is 9.78 Å². The highest BCUT2D eigenvalue weighted by Gasteiger charge is 2.50. The summed E-state index contributed by atoms with van der Waals surface area (Å²) in [6.45, 7) is 2.04. The fraction of sp³-hybridized carbons (Fsp3) is 0.308. The van der Waals surface area contributed by atoms with E-state index in [9.17, 15) is 32.8 Å². The van der Waals surface area contributed by atoms with Crippen LogP contribution in [-0.4, -0.2) is 52.3 Å². The number of alkyl halides is 2. The van der Waals surface area contributed by atoms with Gasteiger partial charge in [-0.1, -0.05) is 50.2 Å². The molecule has 0 saturated heterocycles. The predicted octanol–water partition coefficient (Wildman–Crippen LogP) is 2.81. The molecule has 2 heterocycles. The molecule has 0 spiro atoms. The Kier molecular flexibility index (Phi) is 9.82. The van der Waals surface area contributed by atoms with Crippen LogP contribution in [0.25, 0.3) is 10.7 Å². The number of amides is 3. The maximum atomic E-state index is 14.3. The molecule has 212 valence electrons. The standard InChI is InChI=1S/C26H27F2N5O6S/c1-15(2)20(21(35)26(27,28)24(37)29-3)32-19(34)13-33-22(18-10-7-11-40-18)30-12-17(23(33)36)31-25(38)39-14-16-8-5-4-6-9-16/h4-12,15,20H,13-14H2,1-3H3,(H,29,37)(H,31,38)(H,32,34). The van der Waals surface area contributed by atoms with Gasteiger partial charge in [0.2, 0.25) is 11.7 Å². The van der Waals surface area contributed by atoms with Gasteiger partial charge in [-0.3, -0.25) is 29.1 Å². The average molecular weight is 576 g/mol. The minimum Gasteiger partial charge on any atom is -0.444 e. The molecular formula is C26H27F2N5O6S. The van der Waals surface area contributed by atoms with Crippen LogP contribution in [0.5, 0.6) is 0 Å². The number of thiophene rings is 1. The van der Waals surface area contributed by atoms with Gasteiger partial charge in [0.05, 0.1) is 17.1 Å². The third-order valence-electron chi connectivity index (χ3n) is 5.63. The Balaban J connectivity index is 1.85. The molecule has 1 aromatic carbocycles. The molecule has 3 aromatic rings. The lowest BCUT2D eigenvalue weighted by molar-refractivity contribution is -0.160. The lowest BCUT2D eigenvalue weighted by Gasteiger charge is -2.25. The number of nitrogens with zero attached hydrogens (tertiary/aromatic N) is 2. The van der Waals surface area contributed by atoms with Crippen LogP contribution in [0.3, 0.4) is 0 Å². The van der Waals surface area contributed by atoms with Crippen LogP contribution in [0.4, 0.5) is 19.3 Å². The first kappa shape index (κ1) is 30.1. The van der Waals surface area contributed by atoms with Gasteiger partial charge in [-0.15, -0.1) is 11.3 Å². The zero-order valence-electron chi connectivity index (χ0n) is 21.8. The topological polar surface area (TPSA) is 148 Å². The van der Waals surface area contributed by atoms with E-state index in [1.165, 1.54) is 25.2 Å². The Morgan fingerprint density at radius 2 is 1.80 bits per heavy atom. The van der Waals surface area contributed by atoms with Gasteiger partial charge in [0, 0.05) is 7.05 Å². The van der Waals surface area contributed by atoms with E-state index in [0.717, 1.165) is 17.8 Å². The highest BCUT2D eigenvalue weighted by Crippen LogP contribution is 2.23. The van der Waals surface area contributed by atoms with Crippen LogP contribution in [-0.2, 0) is 32.3 Å². The second kappa shape index (κ2) is 13.1. The fourth-order valence-corrected chi connectivity index (χ4v) is 4.29. The van der Waals surface area contributed by atoms with Crippen molar-refractivity contribution < 1.29 is 32.7 Å². The van der Waals surface area contributed by atoms with Gasteiger partial charge in [0.15, 0.2) is 5.82 Å². The van der Waals surface area contributed by atoms with E-state index in [2.05, 4.69) is 15.6 Å². The van der Waals surface area contributed by atoms with E-state index in [1.807, 2.05) is 0 Å². The summed E-state index contributed by atoms with van der Waals surface area (Å²) in [4.78, 5) is 67.4. The largest absolute Gasteiger partial charge is 0.444 e. The third kappa shape index (κ3) is 7.14. The first-order valence-corrected chi connectivity index (χ1v) is 12.9. The first-order chi connectivity index (χ1) is 18.9. The van der Waals surface area contributed by atoms with Crippen molar-refractivity contribution in [3.05, 3.63) is 70.0 Å². The smallest absolute Gasteiger partial charge is 0.412 e. The van der Waals surface area contributed by atoms with Crippen LogP contribution in [0.1, 0.15) is 19.4 Å². The SMILES string of the molecule is CNC(=O)C(F)(F)C(=O)C(NC(=O)Cn1c(-c2cccs2)ncc(NC(=O)OCc2ccccc2)c1=O)C(C)C. The summed E-state index contributed by atoms with van der Waals surface area (Å²) in [5.74, 6) is -9.70. The maximum Gasteiger partial charge on any atom is 0.412 e. The molecule has 0 aliphatic rings. The van der Waals surface area contributed by atoms with Crippen molar-refractivity contribution in [1.29, 1.82) is 0 Å². The molecule has 2 aromatic heterocycles. The Bertz CT molecular complexity index is 1430. The number of nitrogens with one attached hydrogen (secondary N) is 3. The summed E-state index contributed by atoms with van der Waals surface area (Å²) in [6.07, 6.45) is 0.171. The zero-order chi connectivity index (χ0) is 29.4. The number of benzene rings is 1. The van der Waals surface area contributed by atoms with Gasteiger partial charge < -0.3 is 15.4 Å². The number of carbonyl (C=O) groups excluding carboxylic acids is 4. The van der Waals surface area contributed by atoms with Crippen LogP contribution in [0, 0.1) is 5.92 Å². The van der Waals surface area contributed by atoms with Crippen molar-refractivity contribution in [2.75, 3.05) is 12.4 Å². The number of hydrogen-bond donors (Lipinski definition) is 3. The normalized spacial score (nSPS) is 11.9. The van der Waals surface area contributed by atoms with Crippen molar-refractivity contribution in [2.24, 2.45) is 5.92 Å². The van der Waals surface area contributed by atoms with E-state index >= 15 is 0 Å². The van der Waals surface area contributed by atoms with Gasteiger partial charge in [-0.2, -0.15) is 8.78 Å². The lowest BCUT2D eigenvalue weighted by atomic mass is 9.95. The minimum absolute atomic E-state index is 0.0602. The number of carbonyl (C=O) groups is 4. The summed E-state index contributed by atoms with van der Waals surface area (Å²) in [6, 6.07) is 10.4. The van der Waals surface area contributed by atoms with Crippen LogP contribution >= 0.6 is 11.3 Å².